The Morgan fingerprint density at radius 2 is 1.80 bits per heavy atom. The molecule has 0 radical (unpaired) electrons. The third-order valence-electron chi connectivity index (χ3n) is 6.32. The number of phenolic OH excluding ortho intramolecular Hbond substituents is 1. The standard InChI is InChI=1S/C27H22N4O4/c1-15-6-4-5-7-18(15)25-29-26-24-23(16-8-11-20(33-2)22(12-16)34-3)19-10-9-17(32)13-21(19)35-27(24)28-14-31(26)30-25/h4-14,23,32H,1-3H3/t23-/m0/s1. The average molecular weight is 466 g/mol. The summed E-state index contributed by atoms with van der Waals surface area (Å²) < 4.78 is 18.9. The number of phenols is 1. The van der Waals surface area contributed by atoms with E-state index in [4.69, 9.17) is 24.3 Å². The number of rotatable bonds is 4. The van der Waals surface area contributed by atoms with Gasteiger partial charge in [-0.25, -0.2) is 14.5 Å². The van der Waals surface area contributed by atoms with Crippen LogP contribution in [-0.4, -0.2) is 38.9 Å². The molecule has 0 aliphatic carbocycles. The van der Waals surface area contributed by atoms with E-state index in [0.717, 1.165) is 27.8 Å². The van der Waals surface area contributed by atoms with Gasteiger partial charge in [0.15, 0.2) is 23.0 Å². The second-order valence-electron chi connectivity index (χ2n) is 8.35. The number of aromatic hydroxyl groups is 1. The molecule has 2 aromatic heterocycles. The van der Waals surface area contributed by atoms with Crippen molar-refractivity contribution in [2.75, 3.05) is 14.2 Å². The summed E-state index contributed by atoms with van der Waals surface area (Å²) in [6.45, 7) is 2.03. The first kappa shape index (κ1) is 21.0. The van der Waals surface area contributed by atoms with Gasteiger partial charge in [-0.05, 0) is 36.2 Å². The first-order valence-corrected chi connectivity index (χ1v) is 11.1. The maximum Gasteiger partial charge on any atom is 0.228 e. The van der Waals surface area contributed by atoms with E-state index in [2.05, 4.69) is 4.98 Å². The molecule has 0 fully saturated rings. The van der Waals surface area contributed by atoms with Crippen LogP contribution in [0.15, 0.2) is 67.0 Å². The zero-order chi connectivity index (χ0) is 24.1. The molecule has 174 valence electrons. The van der Waals surface area contributed by atoms with Crippen molar-refractivity contribution in [3.63, 3.8) is 0 Å². The molecular weight excluding hydrogens is 444 g/mol. The minimum absolute atomic E-state index is 0.114. The van der Waals surface area contributed by atoms with Crippen LogP contribution >= 0.6 is 0 Å². The fraction of sp³-hybridized carbons (Fsp3) is 0.148. The lowest BCUT2D eigenvalue weighted by Gasteiger charge is -2.28. The monoisotopic (exact) mass is 466 g/mol. The minimum Gasteiger partial charge on any atom is -0.508 e. The van der Waals surface area contributed by atoms with Gasteiger partial charge in [-0.1, -0.05) is 36.4 Å². The Morgan fingerprint density at radius 1 is 0.971 bits per heavy atom. The molecule has 0 saturated heterocycles. The van der Waals surface area contributed by atoms with Gasteiger partial charge < -0.3 is 19.3 Å². The van der Waals surface area contributed by atoms with Gasteiger partial charge in [0.25, 0.3) is 0 Å². The molecule has 0 amide bonds. The first-order valence-electron chi connectivity index (χ1n) is 11.1. The predicted octanol–water partition coefficient (Wildman–Crippen LogP) is 5.11. The number of ether oxygens (including phenoxy) is 3. The van der Waals surface area contributed by atoms with E-state index >= 15 is 0 Å². The van der Waals surface area contributed by atoms with Crippen LogP contribution in [0, 0.1) is 6.92 Å². The van der Waals surface area contributed by atoms with E-state index in [1.807, 2.05) is 55.5 Å². The molecule has 1 N–H and O–H groups in total. The Bertz CT molecular complexity index is 1590. The van der Waals surface area contributed by atoms with Gasteiger partial charge in [-0.15, -0.1) is 5.10 Å². The molecule has 8 nitrogen and oxygen atoms in total. The van der Waals surface area contributed by atoms with Crippen molar-refractivity contribution in [1.82, 2.24) is 19.6 Å². The summed E-state index contributed by atoms with van der Waals surface area (Å²) in [7, 11) is 3.22. The van der Waals surface area contributed by atoms with E-state index in [9.17, 15) is 5.11 Å². The Kier molecular flexibility index (Phi) is 4.81. The largest absolute Gasteiger partial charge is 0.508 e. The van der Waals surface area contributed by atoms with E-state index in [1.165, 1.54) is 0 Å². The Hall–Kier alpha value is -4.59. The van der Waals surface area contributed by atoms with Crippen molar-refractivity contribution in [3.05, 3.63) is 89.2 Å². The molecule has 6 rings (SSSR count). The van der Waals surface area contributed by atoms with Crippen LogP contribution in [0.5, 0.6) is 28.9 Å². The molecule has 3 heterocycles. The molecule has 35 heavy (non-hydrogen) atoms. The summed E-state index contributed by atoms with van der Waals surface area (Å²) in [6.07, 6.45) is 1.60. The lowest BCUT2D eigenvalue weighted by Crippen LogP contribution is -2.15. The second kappa shape index (κ2) is 8.02. The third-order valence-corrected chi connectivity index (χ3v) is 6.32. The summed E-state index contributed by atoms with van der Waals surface area (Å²) in [4.78, 5) is 9.48. The topological polar surface area (TPSA) is 91.0 Å². The van der Waals surface area contributed by atoms with Crippen molar-refractivity contribution in [1.29, 1.82) is 0 Å². The van der Waals surface area contributed by atoms with Crippen molar-refractivity contribution in [3.8, 4) is 40.3 Å². The number of fused-ring (bicyclic) bond motifs is 4. The number of aromatic nitrogens is 4. The van der Waals surface area contributed by atoms with Gasteiger partial charge in [0.05, 0.1) is 19.8 Å². The van der Waals surface area contributed by atoms with Gasteiger partial charge in [-0.3, -0.25) is 0 Å². The Balaban J connectivity index is 1.62. The fourth-order valence-electron chi connectivity index (χ4n) is 4.62. The summed E-state index contributed by atoms with van der Waals surface area (Å²) in [5.74, 6) is 2.63. The Morgan fingerprint density at radius 3 is 2.60 bits per heavy atom. The quantitative estimate of drug-likeness (QED) is 0.386. The van der Waals surface area contributed by atoms with Crippen molar-refractivity contribution < 1.29 is 19.3 Å². The highest BCUT2D eigenvalue weighted by Gasteiger charge is 2.34. The van der Waals surface area contributed by atoms with E-state index < -0.39 is 0 Å². The fourth-order valence-corrected chi connectivity index (χ4v) is 4.62. The van der Waals surface area contributed by atoms with Gasteiger partial charge >= 0.3 is 0 Å². The number of hydrogen-bond donors (Lipinski definition) is 1. The molecule has 5 aromatic rings. The molecule has 0 unspecified atom stereocenters. The SMILES string of the molecule is COc1ccc([C@H]2c3ccc(O)cc3Oc3ncn4nc(-c5ccccc5C)nc4c32)cc1OC. The van der Waals surface area contributed by atoms with Gasteiger partial charge in [0, 0.05) is 23.1 Å². The molecule has 0 bridgehead atoms. The zero-order valence-electron chi connectivity index (χ0n) is 19.4. The van der Waals surface area contributed by atoms with Crippen LogP contribution < -0.4 is 14.2 Å². The number of nitrogens with zero attached hydrogens (tertiary/aromatic N) is 4. The molecule has 0 saturated carbocycles. The smallest absolute Gasteiger partial charge is 0.228 e. The average Bonchev–Trinajstić information content (AvgIpc) is 3.31. The van der Waals surface area contributed by atoms with Crippen LogP contribution in [0.1, 0.15) is 28.2 Å². The van der Waals surface area contributed by atoms with Gasteiger partial charge in [0.1, 0.15) is 17.8 Å². The normalized spacial score (nSPS) is 14.2. The molecule has 1 aliphatic heterocycles. The molecule has 1 atom stereocenters. The highest BCUT2D eigenvalue weighted by Crippen LogP contribution is 2.49. The molecule has 1 aliphatic rings. The molecular formula is C27H22N4O4. The van der Waals surface area contributed by atoms with Crippen LogP contribution in [0.25, 0.3) is 17.0 Å². The van der Waals surface area contributed by atoms with E-state index in [-0.39, 0.29) is 11.7 Å². The van der Waals surface area contributed by atoms with E-state index in [1.54, 1.807) is 37.2 Å². The summed E-state index contributed by atoms with van der Waals surface area (Å²) >= 11 is 0. The third kappa shape index (κ3) is 3.33. The molecule has 0 spiro atoms. The van der Waals surface area contributed by atoms with Crippen molar-refractivity contribution >= 4 is 5.65 Å². The zero-order valence-corrected chi connectivity index (χ0v) is 19.4. The lowest BCUT2D eigenvalue weighted by atomic mass is 9.83. The van der Waals surface area contributed by atoms with E-state index in [0.29, 0.717) is 34.6 Å². The Labute approximate surface area is 201 Å². The van der Waals surface area contributed by atoms with Crippen LogP contribution in [-0.2, 0) is 0 Å². The molecule has 3 aromatic carbocycles. The summed E-state index contributed by atoms with van der Waals surface area (Å²) in [6, 6.07) is 18.9. The van der Waals surface area contributed by atoms with Crippen LogP contribution in [0.2, 0.25) is 0 Å². The maximum absolute atomic E-state index is 10.1. The molecule has 8 heteroatoms. The lowest BCUT2D eigenvalue weighted by molar-refractivity contribution is 0.354. The van der Waals surface area contributed by atoms with Crippen molar-refractivity contribution in [2.45, 2.75) is 12.8 Å². The second-order valence-corrected chi connectivity index (χ2v) is 8.35. The van der Waals surface area contributed by atoms with Gasteiger partial charge in [0.2, 0.25) is 5.88 Å². The highest BCUT2D eigenvalue weighted by molar-refractivity contribution is 5.70. The summed E-state index contributed by atoms with van der Waals surface area (Å²) in [5.41, 5.74) is 5.28. The van der Waals surface area contributed by atoms with Gasteiger partial charge in [-0.2, -0.15) is 0 Å². The first-order chi connectivity index (χ1) is 17.1. The minimum atomic E-state index is -0.292. The number of aryl methyl sites for hydroxylation is 1. The summed E-state index contributed by atoms with van der Waals surface area (Å²) in [5, 5.41) is 14.8. The maximum atomic E-state index is 10.1. The van der Waals surface area contributed by atoms with Crippen LogP contribution in [0.4, 0.5) is 0 Å². The number of methoxy groups -OCH3 is 2. The predicted molar refractivity (Wildman–Crippen MR) is 130 cm³/mol. The van der Waals surface area contributed by atoms with Crippen molar-refractivity contribution in [2.24, 2.45) is 0 Å². The highest BCUT2D eigenvalue weighted by atomic mass is 16.5. The number of hydrogen-bond acceptors (Lipinski definition) is 7. The number of benzene rings is 3. The van der Waals surface area contributed by atoms with Crippen LogP contribution in [0.3, 0.4) is 0 Å².